The minimum atomic E-state index is -0.430. The number of amides is 1. The molecular weight excluding hydrogens is 304 g/mol. The summed E-state index contributed by atoms with van der Waals surface area (Å²) in [6.45, 7) is 5.72. The molecule has 1 heterocycles. The molecule has 1 unspecified atom stereocenters. The highest BCUT2D eigenvalue weighted by molar-refractivity contribution is 5.87. The van der Waals surface area contributed by atoms with Crippen LogP contribution in [0.15, 0.2) is 0 Å². The fourth-order valence-corrected chi connectivity index (χ4v) is 4.42. The van der Waals surface area contributed by atoms with Crippen LogP contribution >= 0.6 is 0 Å². The summed E-state index contributed by atoms with van der Waals surface area (Å²) in [4.78, 5) is 38.4. The van der Waals surface area contributed by atoms with Crippen molar-refractivity contribution in [3.05, 3.63) is 0 Å². The van der Waals surface area contributed by atoms with E-state index in [0.717, 1.165) is 44.8 Å². The molecule has 2 fully saturated rings. The minimum absolute atomic E-state index is 0.0218. The maximum Gasteiger partial charge on any atom is 0.240 e. The molecule has 5 heteroatoms. The van der Waals surface area contributed by atoms with Crippen molar-refractivity contribution >= 4 is 18.0 Å². The largest absolute Gasteiger partial charge is 0.328 e. The summed E-state index contributed by atoms with van der Waals surface area (Å²) in [5.74, 6) is 0.598. The van der Waals surface area contributed by atoms with E-state index in [2.05, 4.69) is 5.32 Å². The van der Waals surface area contributed by atoms with E-state index in [1.165, 1.54) is 6.42 Å². The maximum absolute atomic E-state index is 13.0. The van der Waals surface area contributed by atoms with Crippen LogP contribution in [-0.4, -0.2) is 47.0 Å². The monoisotopic (exact) mass is 336 g/mol. The first-order valence-corrected chi connectivity index (χ1v) is 9.59. The molecule has 24 heavy (non-hydrogen) atoms. The van der Waals surface area contributed by atoms with Gasteiger partial charge in [-0.25, -0.2) is 0 Å². The number of aldehydes is 1. The number of ketones is 1. The smallest absolute Gasteiger partial charge is 0.240 e. The molecule has 5 nitrogen and oxygen atoms in total. The van der Waals surface area contributed by atoms with Crippen LogP contribution in [0.5, 0.6) is 0 Å². The number of rotatable bonds is 8. The average Bonchev–Trinajstić information content (AvgIpc) is 2.98. The lowest BCUT2D eigenvalue weighted by atomic mass is 9.85. The summed E-state index contributed by atoms with van der Waals surface area (Å²) in [5, 5.41) is 3.23. The second kappa shape index (κ2) is 8.75. The Morgan fingerprint density at radius 3 is 2.58 bits per heavy atom. The standard InChI is InChI=1S/C19H32N2O3/c1-4-8-16(18(23)5-2)20-13(3)19(24)21-15(12-22)11-14-9-6-7-10-17(14)21/h12-17,20H,4-11H2,1-3H3/t13-,14+,15?,16-,17+/m1/s1. The fourth-order valence-electron chi connectivity index (χ4n) is 4.42. The van der Waals surface area contributed by atoms with Crippen LogP contribution in [0.25, 0.3) is 0 Å². The molecule has 0 aromatic rings. The van der Waals surface area contributed by atoms with Crippen LogP contribution in [0.1, 0.15) is 72.1 Å². The molecule has 0 aromatic heterocycles. The number of hydrogen-bond donors (Lipinski definition) is 1. The van der Waals surface area contributed by atoms with Gasteiger partial charge in [-0.1, -0.05) is 33.1 Å². The topological polar surface area (TPSA) is 66.5 Å². The highest BCUT2D eigenvalue weighted by Gasteiger charge is 2.45. The van der Waals surface area contributed by atoms with E-state index in [0.29, 0.717) is 12.3 Å². The van der Waals surface area contributed by atoms with Gasteiger partial charge in [0.15, 0.2) is 0 Å². The Hall–Kier alpha value is -1.23. The van der Waals surface area contributed by atoms with Gasteiger partial charge in [-0.15, -0.1) is 0 Å². The molecule has 136 valence electrons. The molecule has 1 saturated carbocycles. The van der Waals surface area contributed by atoms with Gasteiger partial charge in [-0.2, -0.15) is 0 Å². The number of carbonyl (C=O) groups excluding carboxylic acids is 3. The first-order valence-electron chi connectivity index (χ1n) is 9.59. The molecule has 2 rings (SSSR count). The molecule has 2 aliphatic rings. The zero-order valence-electron chi connectivity index (χ0n) is 15.3. The second-order valence-corrected chi connectivity index (χ2v) is 7.35. The van der Waals surface area contributed by atoms with Crippen LogP contribution in [0.2, 0.25) is 0 Å². The Balaban J connectivity index is 2.07. The summed E-state index contributed by atoms with van der Waals surface area (Å²) in [5.41, 5.74) is 0. The summed E-state index contributed by atoms with van der Waals surface area (Å²) < 4.78 is 0. The van der Waals surface area contributed by atoms with E-state index in [9.17, 15) is 14.4 Å². The number of carbonyl (C=O) groups is 3. The molecule has 1 aliphatic heterocycles. The van der Waals surface area contributed by atoms with Crippen molar-refractivity contribution in [1.29, 1.82) is 0 Å². The van der Waals surface area contributed by atoms with Gasteiger partial charge in [0.2, 0.25) is 5.91 Å². The molecule has 5 atom stereocenters. The van der Waals surface area contributed by atoms with E-state index in [1.54, 1.807) is 0 Å². The average molecular weight is 336 g/mol. The molecule has 0 spiro atoms. The van der Waals surface area contributed by atoms with Gasteiger partial charge in [-0.05, 0) is 38.5 Å². The van der Waals surface area contributed by atoms with Gasteiger partial charge in [-0.3, -0.25) is 14.9 Å². The third-order valence-corrected chi connectivity index (χ3v) is 5.68. The number of likely N-dealkylation sites (tertiary alicyclic amines) is 1. The third-order valence-electron chi connectivity index (χ3n) is 5.68. The molecule has 0 radical (unpaired) electrons. The van der Waals surface area contributed by atoms with Crippen LogP contribution in [0.4, 0.5) is 0 Å². The zero-order chi connectivity index (χ0) is 17.7. The normalized spacial score (nSPS) is 29.0. The van der Waals surface area contributed by atoms with E-state index >= 15 is 0 Å². The highest BCUT2D eigenvalue weighted by Crippen LogP contribution is 2.39. The Morgan fingerprint density at radius 2 is 1.96 bits per heavy atom. The van der Waals surface area contributed by atoms with Gasteiger partial charge < -0.3 is 9.69 Å². The Kier molecular flexibility index (Phi) is 6.96. The molecule has 1 aliphatic carbocycles. The Bertz CT molecular complexity index is 466. The van der Waals surface area contributed by atoms with Crippen molar-refractivity contribution in [2.75, 3.05) is 0 Å². The van der Waals surface area contributed by atoms with Crippen LogP contribution in [0.3, 0.4) is 0 Å². The van der Waals surface area contributed by atoms with E-state index < -0.39 is 6.04 Å². The minimum Gasteiger partial charge on any atom is -0.328 e. The lowest BCUT2D eigenvalue weighted by Gasteiger charge is -2.35. The number of nitrogens with one attached hydrogen (secondary N) is 1. The van der Waals surface area contributed by atoms with E-state index in [1.807, 2.05) is 25.7 Å². The maximum atomic E-state index is 13.0. The van der Waals surface area contributed by atoms with Crippen molar-refractivity contribution < 1.29 is 14.4 Å². The van der Waals surface area contributed by atoms with Gasteiger partial charge in [0, 0.05) is 12.5 Å². The lowest BCUT2D eigenvalue weighted by molar-refractivity contribution is -0.139. The summed E-state index contributed by atoms with van der Waals surface area (Å²) in [6, 6.07) is -0.780. The fraction of sp³-hybridized carbons (Fsp3) is 0.842. The van der Waals surface area contributed by atoms with Crippen LogP contribution in [0, 0.1) is 5.92 Å². The zero-order valence-corrected chi connectivity index (χ0v) is 15.3. The number of Topliss-reactive ketones (excluding diaryl/α,β-unsaturated/α-hetero) is 1. The second-order valence-electron chi connectivity index (χ2n) is 7.35. The predicted molar refractivity (Wildman–Crippen MR) is 93.7 cm³/mol. The number of hydrogen-bond acceptors (Lipinski definition) is 4. The van der Waals surface area contributed by atoms with Crippen molar-refractivity contribution in [3.8, 4) is 0 Å². The Morgan fingerprint density at radius 1 is 1.25 bits per heavy atom. The lowest BCUT2D eigenvalue weighted by Crippen LogP contribution is -2.54. The van der Waals surface area contributed by atoms with Crippen molar-refractivity contribution in [1.82, 2.24) is 10.2 Å². The first kappa shape index (κ1) is 19.1. The molecule has 1 amide bonds. The van der Waals surface area contributed by atoms with Gasteiger partial charge in [0.25, 0.3) is 0 Å². The summed E-state index contributed by atoms with van der Waals surface area (Å²) >= 11 is 0. The molecular formula is C19H32N2O3. The van der Waals surface area contributed by atoms with Gasteiger partial charge in [0.1, 0.15) is 12.1 Å². The quantitative estimate of drug-likeness (QED) is 0.692. The van der Waals surface area contributed by atoms with Crippen molar-refractivity contribution in [3.63, 3.8) is 0 Å². The molecule has 0 aromatic carbocycles. The molecule has 1 N–H and O–H groups in total. The van der Waals surface area contributed by atoms with Crippen molar-refractivity contribution in [2.24, 2.45) is 5.92 Å². The van der Waals surface area contributed by atoms with Crippen LogP contribution < -0.4 is 5.32 Å². The highest BCUT2D eigenvalue weighted by atomic mass is 16.2. The predicted octanol–water partition coefficient (Wildman–Crippen LogP) is 2.47. The third kappa shape index (κ3) is 4.05. The van der Waals surface area contributed by atoms with E-state index in [-0.39, 0.29) is 29.8 Å². The molecule has 0 bridgehead atoms. The van der Waals surface area contributed by atoms with E-state index in [4.69, 9.17) is 0 Å². The number of fused-ring (bicyclic) bond motifs is 1. The number of nitrogens with zero attached hydrogens (tertiary/aromatic N) is 1. The molecule has 1 saturated heterocycles. The summed E-state index contributed by atoms with van der Waals surface area (Å²) in [7, 11) is 0. The first-order chi connectivity index (χ1) is 11.5. The van der Waals surface area contributed by atoms with Gasteiger partial charge in [0.05, 0.1) is 18.1 Å². The SMILES string of the molecule is CCC[C@@H](N[C@H](C)C(=O)N1C(C=O)C[C@@H]2CCCC[C@@H]21)C(=O)CC. The Labute approximate surface area is 145 Å². The summed E-state index contributed by atoms with van der Waals surface area (Å²) in [6.07, 6.45) is 8.31. The van der Waals surface area contributed by atoms with Gasteiger partial charge >= 0.3 is 0 Å². The van der Waals surface area contributed by atoms with Crippen LogP contribution in [-0.2, 0) is 14.4 Å². The van der Waals surface area contributed by atoms with Crippen molar-refractivity contribution in [2.45, 2.75) is 96.3 Å².